The van der Waals surface area contributed by atoms with Crippen molar-refractivity contribution in [1.82, 2.24) is 24.5 Å². The number of hydrogen-bond acceptors (Lipinski definition) is 4. The van der Waals surface area contributed by atoms with Gasteiger partial charge in [-0.1, -0.05) is 0 Å². The van der Waals surface area contributed by atoms with Crippen molar-refractivity contribution in [2.45, 2.75) is 39.3 Å². The molecule has 0 spiro atoms. The highest BCUT2D eigenvalue weighted by atomic mass is 19.4. The summed E-state index contributed by atoms with van der Waals surface area (Å²) < 4.78 is 39.4. The van der Waals surface area contributed by atoms with Crippen molar-refractivity contribution in [3.05, 3.63) is 22.8 Å². The van der Waals surface area contributed by atoms with Crippen molar-refractivity contribution in [1.29, 1.82) is 0 Å². The summed E-state index contributed by atoms with van der Waals surface area (Å²) in [6.07, 6.45) is -2.26. The lowest BCUT2D eigenvalue weighted by molar-refractivity contribution is -0.144. The van der Waals surface area contributed by atoms with E-state index >= 15 is 0 Å². The van der Waals surface area contributed by atoms with Gasteiger partial charge in [-0.25, -0.2) is 9.50 Å². The molecule has 0 aliphatic heterocycles. The van der Waals surface area contributed by atoms with Gasteiger partial charge in [-0.2, -0.15) is 18.2 Å². The summed E-state index contributed by atoms with van der Waals surface area (Å²) in [5.74, 6) is -0.844. The van der Waals surface area contributed by atoms with Crippen LogP contribution in [0, 0.1) is 19.8 Å². The summed E-state index contributed by atoms with van der Waals surface area (Å²) in [5.41, 5.74) is 1.54. The van der Waals surface area contributed by atoms with Gasteiger partial charge < -0.3 is 4.90 Å². The minimum atomic E-state index is -4.63. The van der Waals surface area contributed by atoms with Crippen LogP contribution in [-0.2, 0) is 17.4 Å². The minimum absolute atomic E-state index is 0.0783. The second kappa shape index (κ2) is 5.71. The fourth-order valence-corrected chi connectivity index (χ4v) is 2.66. The van der Waals surface area contributed by atoms with Gasteiger partial charge in [-0.3, -0.25) is 4.79 Å². The third kappa shape index (κ3) is 3.20. The van der Waals surface area contributed by atoms with E-state index in [1.165, 1.54) is 0 Å². The second-order valence-corrected chi connectivity index (χ2v) is 6.30. The number of aromatic nitrogens is 4. The molecule has 2 heterocycles. The predicted molar refractivity (Wildman–Crippen MR) is 79.3 cm³/mol. The molecular weight excluding hydrogens is 323 g/mol. The highest BCUT2D eigenvalue weighted by Gasteiger charge is 2.37. The zero-order valence-corrected chi connectivity index (χ0v) is 13.7. The Labute approximate surface area is 136 Å². The average Bonchev–Trinajstić information content (AvgIpc) is 3.17. The molecule has 1 saturated carbocycles. The lowest BCUT2D eigenvalue weighted by atomic mass is 10.1. The lowest BCUT2D eigenvalue weighted by Crippen LogP contribution is -2.30. The fourth-order valence-electron chi connectivity index (χ4n) is 2.66. The Kier molecular flexibility index (Phi) is 3.97. The number of likely N-dealkylation sites (N-methyl/N-ethyl adjacent to an activating group) is 1. The number of aryl methyl sites for hydroxylation is 2. The van der Waals surface area contributed by atoms with Crippen LogP contribution >= 0.6 is 0 Å². The SMILES string of the molecule is Cc1nc2nc(C(F)(F)F)nn2c(C)c1CC(=O)N(C)CC1CC1. The lowest BCUT2D eigenvalue weighted by Gasteiger charge is -2.18. The molecule has 1 fully saturated rings. The number of hydrogen-bond donors (Lipinski definition) is 0. The van der Waals surface area contributed by atoms with Gasteiger partial charge in [-0.15, -0.1) is 5.10 Å². The zero-order chi connectivity index (χ0) is 17.6. The first-order valence-electron chi connectivity index (χ1n) is 7.71. The molecule has 0 unspecified atom stereocenters. The van der Waals surface area contributed by atoms with Crippen LogP contribution in [0.25, 0.3) is 5.78 Å². The van der Waals surface area contributed by atoms with E-state index in [1.54, 1.807) is 25.8 Å². The summed E-state index contributed by atoms with van der Waals surface area (Å²) in [4.78, 5) is 21.5. The first-order chi connectivity index (χ1) is 11.2. The Morgan fingerprint density at radius 1 is 1.29 bits per heavy atom. The van der Waals surface area contributed by atoms with Crippen molar-refractivity contribution < 1.29 is 18.0 Å². The Hall–Kier alpha value is -2.19. The smallest absolute Gasteiger partial charge is 0.345 e. The number of halogens is 3. The van der Waals surface area contributed by atoms with Crippen molar-refractivity contribution >= 4 is 11.7 Å². The Morgan fingerprint density at radius 2 is 1.96 bits per heavy atom. The van der Waals surface area contributed by atoms with E-state index in [2.05, 4.69) is 15.1 Å². The van der Waals surface area contributed by atoms with E-state index in [9.17, 15) is 18.0 Å². The maximum atomic E-state index is 12.8. The quantitative estimate of drug-likeness (QED) is 0.855. The van der Waals surface area contributed by atoms with E-state index in [0.29, 0.717) is 29.4 Å². The molecule has 130 valence electrons. The molecule has 0 radical (unpaired) electrons. The van der Waals surface area contributed by atoms with Crippen LogP contribution in [0.3, 0.4) is 0 Å². The molecule has 2 aromatic rings. The van der Waals surface area contributed by atoms with Crippen LogP contribution in [-0.4, -0.2) is 44.0 Å². The molecule has 9 heteroatoms. The highest BCUT2D eigenvalue weighted by molar-refractivity contribution is 5.79. The number of carbonyl (C=O) groups is 1. The third-order valence-electron chi connectivity index (χ3n) is 4.29. The van der Waals surface area contributed by atoms with E-state index in [1.807, 2.05) is 0 Å². The summed E-state index contributed by atoms with van der Waals surface area (Å²) in [6.45, 7) is 4.01. The number of alkyl halides is 3. The highest BCUT2D eigenvalue weighted by Crippen LogP contribution is 2.30. The van der Waals surface area contributed by atoms with Gasteiger partial charge in [-0.05, 0) is 32.6 Å². The first kappa shape index (κ1) is 16.7. The third-order valence-corrected chi connectivity index (χ3v) is 4.29. The molecule has 0 aromatic carbocycles. The van der Waals surface area contributed by atoms with E-state index in [0.717, 1.165) is 17.4 Å². The summed E-state index contributed by atoms with van der Waals surface area (Å²) >= 11 is 0. The average molecular weight is 341 g/mol. The van der Waals surface area contributed by atoms with Gasteiger partial charge in [0.05, 0.1) is 6.42 Å². The number of rotatable bonds is 4. The molecule has 6 nitrogen and oxygen atoms in total. The van der Waals surface area contributed by atoms with Crippen molar-refractivity contribution in [3.8, 4) is 0 Å². The zero-order valence-electron chi connectivity index (χ0n) is 13.7. The minimum Gasteiger partial charge on any atom is -0.345 e. The second-order valence-electron chi connectivity index (χ2n) is 6.30. The number of nitrogens with zero attached hydrogens (tertiary/aromatic N) is 5. The van der Waals surface area contributed by atoms with Gasteiger partial charge in [0.1, 0.15) is 0 Å². The molecule has 1 amide bonds. The molecule has 0 bridgehead atoms. The molecule has 1 aliphatic rings. The van der Waals surface area contributed by atoms with Gasteiger partial charge in [0.2, 0.25) is 5.91 Å². The van der Waals surface area contributed by atoms with Gasteiger partial charge in [0, 0.05) is 30.5 Å². The topological polar surface area (TPSA) is 63.4 Å². The molecule has 2 aromatic heterocycles. The van der Waals surface area contributed by atoms with Crippen LogP contribution in [0.5, 0.6) is 0 Å². The summed E-state index contributed by atoms with van der Waals surface area (Å²) in [6, 6.07) is 0. The fraction of sp³-hybridized carbons (Fsp3) is 0.600. The van der Waals surface area contributed by atoms with Crippen molar-refractivity contribution in [3.63, 3.8) is 0 Å². The van der Waals surface area contributed by atoms with Gasteiger partial charge in [0.15, 0.2) is 0 Å². The molecule has 0 saturated heterocycles. The number of carbonyl (C=O) groups excluding carboxylic acids is 1. The van der Waals surface area contributed by atoms with Gasteiger partial charge in [0.25, 0.3) is 11.6 Å². The van der Waals surface area contributed by atoms with Crippen LogP contribution in [0.4, 0.5) is 13.2 Å². The molecule has 24 heavy (non-hydrogen) atoms. The molecule has 0 N–H and O–H groups in total. The Bertz CT molecular complexity index is 794. The van der Waals surface area contributed by atoms with Crippen LogP contribution < -0.4 is 0 Å². The summed E-state index contributed by atoms with van der Waals surface area (Å²) in [7, 11) is 1.74. The van der Waals surface area contributed by atoms with Crippen LogP contribution in [0.15, 0.2) is 0 Å². The predicted octanol–water partition coefficient (Wildman–Crippen LogP) is 2.17. The maximum absolute atomic E-state index is 12.8. The molecule has 3 rings (SSSR count). The number of amides is 1. The Balaban J connectivity index is 1.91. The normalized spacial score (nSPS) is 15.1. The van der Waals surface area contributed by atoms with Crippen LogP contribution in [0.1, 0.15) is 35.6 Å². The first-order valence-corrected chi connectivity index (χ1v) is 7.71. The molecule has 0 atom stereocenters. The largest absolute Gasteiger partial charge is 0.453 e. The van der Waals surface area contributed by atoms with E-state index in [4.69, 9.17) is 0 Å². The van der Waals surface area contributed by atoms with Crippen LogP contribution in [0.2, 0.25) is 0 Å². The van der Waals surface area contributed by atoms with Gasteiger partial charge >= 0.3 is 6.18 Å². The Morgan fingerprint density at radius 3 is 2.54 bits per heavy atom. The van der Waals surface area contributed by atoms with E-state index < -0.39 is 12.0 Å². The monoisotopic (exact) mass is 341 g/mol. The maximum Gasteiger partial charge on any atom is 0.453 e. The standard InChI is InChI=1S/C15H18F3N5O/c1-8-11(6-12(24)22(3)7-10-4-5-10)9(2)23-14(19-8)20-13(21-23)15(16,17)18/h10H,4-7H2,1-3H3. The van der Waals surface area contributed by atoms with Crippen molar-refractivity contribution in [2.75, 3.05) is 13.6 Å². The summed E-state index contributed by atoms with van der Waals surface area (Å²) in [5, 5.41) is 3.49. The van der Waals surface area contributed by atoms with E-state index in [-0.39, 0.29) is 18.1 Å². The molecular formula is C15H18F3N5O. The molecule has 1 aliphatic carbocycles. The van der Waals surface area contributed by atoms with Crippen molar-refractivity contribution in [2.24, 2.45) is 5.92 Å². The number of fused-ring (bicyclic) bond motifs is 1.